The van der Waals surface area contributed by atoms with Crippen LogP contribution in [0.4, 0.5) is 0 Å². The molecule has 0 bridgehead atoms. The molecule has 0 spiro atoms. The summed E-state index contributed by atoms with van der Waals surface area (Å²) in [5.41, 5.74) is -0.921. The van der Waals surface area contributed by atoms with E-state index in [0.29, 0.717) is 13.0 Å². The normalized spacial score (nSPS) is 19.0. The average Bonchev–Trinajstić information content (AvgIpc) is 2.52. The van der Waals surface area contributed by atoms with E-state index in [1.165, 1.54) is 11.3 Å². The Morgan fingerprint density at radius 3 is 1.62 bits per heavy atom. The number of hydrogen-bond acceptors (Lipinski definition) is 3. The van der Waals surface area contributed by atoms with Crippen LogP contribution < -0.4 is 0 Å². The van der Waals surface area contributed by atoms with Crippen molar-refractivity contribution in [3.8, 4) is 0 Å². The van der Waals surface area contributed by atoms with E-state index in [1.807, 2.05) is 27.7 Å². The molecule has 1 aliphatic rings. The summed E-state index contributed by atoms with van der Waals surface area (Å²) < 4.78 is 0. The first-order valence-electron chi connectivity index (χ1n) is 10.2. The van der Waals surface area contributed by atoms with E-state index in [1.54, 1.807) is 0 Å². The first-order chi connectivity index (χ1) is 12.1. The number of nitrogens with zero attached hydrogens (tertiary/aromatic N) is 1. The van der Waals surface area contributed by atoms with Gasteiger partial charge in [0.1, 0.15) is 0 Å². The number of likely N-dealkylation sites (tertiary alicyclic amines) is 1. The maximum absolute atomic E-state index is 12.5. The highest BCUT2D eigenvalue weighted by Crippen LogP contribution is 2.41. The van der Waals surface area contributed by atoms with Crippen LogP contribution in [0.15, 0.2) is 0 Å². The Morgan fingerprint density at radius 2 is 1.19 bits per heavy atom. The van der Waals surface area contributed by atoms with E-state index < -0.39 is 16.8 Å². The predicted molar refractivity (Wildman–Crippen MR) is 103 cm³/mol. The summed E-state index contributed by atoms with van der Waals surface area (Å²) in [7, 11) is 0. The SMILES string of the molecule is CC1(C)CC(C)(C)C(=O)N(CCCCCCCCCCCC(=O)O)C1=O. The molecule has 1 N–H and O–H groups in total. The van der Waals surface area contributed by atoms with Crippen molar-refractivity contribution in [3.63, 3.8) is 0 Å². The molecule has 150 valence electrons. The number of carboxylic acid groups (broad SMARTS) is 1. The van der Waals surface area contributed by atoms with Crippen molar-refractivity contribution in [2.45, 2.75) is 98.3 Å². The zero-order chi connectivity index (χ0) is 19.8. The average molecular weight is 368 g/mol. The Balaban J connectivity index is 2.16. The topological polar surface area (TPSA) is 74.7 Å². The molecule has 0 aromatic rings. The standard InChI is InChI=1S/C21H37NO4/c1-20(2)16-21(3,4)19(26)22(18(20)25)15-13-11-9-7-5-6-8-10-12-14-17(23)24/h5-16H2,1-4H3,(H,23,24). The summed E-state index contributed by atoms with van der Waals surface area (Å²) in [6.45, 7) is 8.29. The second-order valence-electron chi connectivity index (χ2n) is 9.03. The van der Waals surface area contributed by atoms with Crippen molar-refractivity contribution in [2.24, 2.45) is 10.8 Å². The summed E-state index contributed by atoms with van der Waals surface area (Å²) in [4.78, 5) is 37.0. The minimum atomic E-state index is -0.706. The molecular formula is C21H37NO4. The van der Waals surface area contributed by atoms with Gasteiger partial charge in [-0.25, -0.2) is 0 Å². The molecule has 5 heteroatoms. The van der Waals surface area contributed by atoms with E-state index in [-0.39, 0.29) is 18.2 Å². The molecule has 0 atom stereocenters. The zero-order valence-corrected chi connectivity index (χ0v) is 17.1. The van der Waals surface area contributed by atoms with Gasteiger partial charge in [-0.1, -0.05) is 72.6 Å². The van der Waals surface area contributed by atoms with Crippen molar-refractivity contribution in [1.82, 2.24) is 4.90 Å². The maximum atomic E-state index is 12.5. The summed E-state index contributed by atoms with van der Waals surface area (Å²) in [5, 5.41) is 8.58. The molecule has 0 aromatic heterocycles. The Labute approximate surface area is 158 Å². The first-order valence-corrected chi connectivity index (χ1v) is 10.2. The van der Waals surface area contributed by atoms with Gasteiger partial charge in [-0.2, -0.15) is 0 Å². The molecule has 26 heavy (non-hydrogen) atoms. The van der Waals surface area contributed by atoms with Crippen LogP contribution in [0.2, 0.25) is 0 Å². The number of imide groups is 1. The number of hydrogen-bond donors (Lipinski definition) is 1. The van der Waals surface area contributed by atoms with Crippen LogP contribution >= 0.6 is 0 Å². The van der Waals surface area contributed by atoms with E-state index in [0.717, 1.165) is 51.4 Å². The Kier molecular flexibility index (Phi) is 8.78. The predicted octanol–water partition coefficient (Wildman–Crippen LogP) is 4.78. The number of carbonyl (C=O) groups excluding carboxylic acids is 2. The van der Waals surface area contributed by atoms with E-state index in [9.17, 15) is 14.4 Å². The molecule has 2 amide bonds. The maximum Gasteiger partial charge on any atom is 0.303 e. The molecule has 1 heterocycles. The van der Waals surface area contributed by atoms with Gasteiger partial charge in [-0.3, -0.25) is 19.3 Å². The Morgan fingerprint density at radius 1 is 0.808 bits per heavy atom. The van der Waals surface area contributed by atoms with Crippen molar-refractivity contribution < 1.29 is 19.5 Å². The molecule has 1 rings (SSSR count). The van der Waals surface area contributed by atoms with Gasteiger partial charge in [-0.15, -0.1) is 0 Å². The second kappa shape index (κ2) is 10.1. The number of unbranched alkanes of at least 4 members (excludes halogenated alkanes) is 8. The molecule has 0 saturated carbocycles. The lowest BCUT2D eigenvalue weighted by Crippen LogP contribution is -2.56. The number of amides is 2. The summed E-state index contributed by atoms with van der Waals surface area (Å²) in [5.74, 6) is -0.756. The minimum Gasteiger partial charge on any atom is -0.481 e. The van der Waals surface area contributed by atoms with Crippen LogP contribution in [-0.4, -0.2) is 34.3 Å². The quantitative estimate of drug-likeness (QED) is 0.398. The minimum absolute atomic E-state index is 0.0248. The van der Waals surface area contributed by atoms with Crippen molar-refractivity contribution >= 4 is 17.8 Å². The lowest BCUT2D eigenvalue weighted by molar-refractivity contribution is -0.165. The summed E-state index contributed by atoms with van der Waals surface area (Å²) >= 11 is 0. The molecule has 0 aromatic carbocycles. The van der Waals surface area contributed by atoms with Gasteiger partial charge >= 0.3 is 5.97 Å². The van der Waals surface area contributed by atoms with Gasteiger partial charge in [0.05, 0.1) is 0 Å². The molecule has 1 fully saturated rings. The number of carboxylic acids is 1. The van der Waals surface area contributed by atoms with Crippen molar-refractivity contribution in [2.75, 3.05) is 6.54 Å². The third-order valence-corrected chi connectivity index (χ3v) is 5.30. The molecule has 1 saturated heterocycles. The highest BCUT2D eigenvalue weighted by Gasteiger charge is 2.49. The van der Waals surface area contributed by atoms with Crippen LogP contribution in [0.1, 0.15) is 98.3 Å². The summed E-state index contributed by atoms with van der Waals surface area (Å²) in [6, 6.07) is 0. The van der Waals surface area contributed by atoms with Crippen LogP contribution in [-0.2, 0) is 14.4 Å². The van der Waals surface area contributed by atoms with Gasteiger partial charge in [0.15, 0.2) is 0 Å². The van der Waals surface area contributed by atoms with E-state index >= 15 is 0 Å². The van der Waals surface area contributed by atoms with Gasteiger partial charge in [-0.05, 0) is 19.3 Å². The van der Waals surface area contributed by atoms with Crippen LogP contribution in [0.3, 0.4) is 0 Å². The van der Waals surface area contributed by atoms with Gasteiger partial charge in [0, 0.05) is 23.8 Å². The summed E-state index contributed by atoms with van der Waals surface area (Å²) in [6.07, 6.45) is 10.3. The fraction of sp³-hybridized carbons (Fsp3) is 0.857. The highest BCUT2D eigenvalue weighted by atomic mass is 16.4. The highest BCUT2D eigenvalue weighted by molar-refractivity contribution is 6.02. The first kappa shape index (κ1) is 22.7. The number of carbonyl (C=O) groups is 3. The largest absolute Gasteiger partial charge is 0.481 e. The van der Waals surface area contributed by atoms with Crippen LogP contribution in [0.25, 0.3) is 0 Å². The second-order valence-corrected chi connectivity index (χ2v) is 9.03. The number of piperidine rings is 1. The molecule has 0 aliphatic carbocycles. The fourth-order valence-electron chi connectivity index (χ4n) is 4.07. The molecule has 1 aliphatic heterocycles. The van der Waals surface area contributed by atoms with Crippen molar-refractivity contribution in [1.29, 1.82) is 0 Å². The monoisotopic (exact) mass is 367 g/mol. The van der Waals surface area contributed by atoms with E-state index in [4.69, 9.17) is 5.11 Å². The lowest BCUT2D eigenvalue weighted by atomic mass is 9.70. The smallest absolute Gasteiger partial charge is 0.303 e. The van der Waals surface area contributed by atoms with Crippen molar-refractivity contribution in [3.05, 3.63) is 0 Å². The molecule has 0 radical (unpaired) electrons. The molecule has 0 unspecified atom stereocenters. The number of rotatable bonds is 12. The Hall–Kier alpha value is -1.39. The lowest BCUT2D eigenvalue weighted by Gasteiger charge is -2.44. The van der Waals surface area contributed by atoms with Gasteiger partial charge in [0.2, 0.25) is 11.8 Å². The third-order valence-electron chi connectivity index (χ3n) is 5.30. The Bertz CT molecular complexity index is 470. The van der Waals surface area contributed by atoms with Crippen LogP contribution in [0.5, 0.6) is 0 Å². The zero-order valence-electron chi connectivity index (χ0n) is 17.1. The number of aliphatic carboxylic acids is 1. The van der Waals surface area contributed by atoms with Gasteiger partial charge < -0.3 is 5.11 Å². The molecular weight excluding hydrogens is 330 g/mol. The van der Waals surface area contributed by atoms with Gasteiger partial charge in [0.25, 0.3) is 0 Å². The molecule has 5 nitrogen and oxygen atoms in total. The third kappa shape index (κ3) is 7.08. The van der Waals surface area contributed by atoms with Crippen LogP contribution in [0, 0.1) is 10.8 Å². The van der Waals surface area contributed by atoms with E-state index in [2.05, 4.69) is 0 Å². The fourth-order valence-corrected chi connectivity index (χ4v) is 4.07.